The van der Waals surface area contributed by atoms with Crippen molar-refractivity contribution < 1.29 is 4.79 Å². The SMILES string of the molecule is CCC(=O)NC(C)C#CCn1cc(C)nc1C. The van der Waals surface area contributed by atoms with E-state index in [1.54, 1.807) is 0 Å². The Balaban J connectivity index is 2.50. The van der Waals surface area contributed by atoms with E-state index in [1.165, 1.54) is 0 Å². The van der Waals surface area contributed by atoms with Crippen LogP contribution in [0.25, 0.3) is 0 Å². The van der Waals surface area contributed by atoms with Crippen molar-refractivity contribution in [3.8, 4) is 11.8 Å². The van der Waals surface area contributed by atoms with Gasteiger partial charge in [-0.05, 0) is 20.8 Å². The minimum Gasteiger partial charge on any atom is -0.343 e. The second kappa shape index (κ2) is 6.09. The number of nitrogens with zero attached hydrogens (tertiary/aromatic N) is 2. The first-order valence-corrected chi connectivity index (χ1v) is 5.81. The quantitative estimate of drug-likeness (QED) is 0.803. The molecule has 4 nitrogen and oxygen atoms in total. The Bertz CT molecular complexity index is 451. The smallest absolute Gasteiger partial charge is 0.220 e. The molecule has 1 heterocycles. The van der Waals surface area contributed by atoms with Crippen LogP contribution in [0.2, 0.25) is 0 Å². The van der Waals surface area contributed by atoms with Crippen LogP contribution in [-0.4, -0.2) is 21.5 Å². The van der Waals surface area contributed by atoms with Crippen molar-refractivity contribution in [2.45, 2.75) is 46.7 Å². The van der Waals surface area contributed by atoms with Crippen molar-refractivity contribution in [3.63, 3.8) is 0 Å². The van der Waals surface area contributed by atoms with Gasteiger partial charge >= 0.3 is 0 Å². The summed E-state index contributed by atoms with van der Waals surface area (Å²) < 4.78 is 2.00. The van der Waals surface area contributed by atoms with Crippen LogP contribution in [0, 0.1) is 25.7 Å². The highest BCUT2D eigenvalue weighted by Gasteiger charge is 2.01. The first-order valence-electron chi connectivity index (χ1n) is 5.81. The van der Waals surface area contributed by atoms with Gasteiger partial charge in [0.25, 0.3) is 0 Å². The third kappa shape index (κ3) is 4.31. The topological polar surface area (TPSA) is 46.9 Å². The maximum Gasteiger partial charge on any atom is 0.220 e. The van der Waals surface area contributed by atoms with E-state index >= 15 is 0 Å². The zero-order valence-electron chi connectivity index (χ0n) is 10.9. The Hall–Kier alpha value is -1.76. The molecule has 0 bridgehead atoms. The summed E-state index contributed by atoms with van der Waals surface area (Å²) in [7, 11) is 0. The van der Waals surface area contributed by atoms with E-state index < -0.39 is 0 Å². The molecule has 0 radical (unpaired) electrons. The lowest BCUT2D eigenvalue weighted by Crippen LogP contribution is -2.30. The maximum atomic E-state index is 11.1. The van der Waals surface area contributed by atoms with Crippen LogP contribution in [-0.2, 0) is 11.3 Å². The van der Waals surface area contributed by atoms with Crippen molar-refractivity contribution in [3.05, 3.63) is 17.7 Å². The predicted molar refractivity (Wildman–Crippen MR) is 67.4 cm³/mol. The van der Waals surface area contributed by atoms with E-state index in [2.05, 4.69) is 22.1 Å². The van der Waals surface area contributed by atoms with Crippen LogP contribution >= 0.6 is 0 Å². The molecule has 1 N–H and O–H groups in total. The molecule has 0 aliphatic rings. The number of hydrogen-bond acceptors (Lipinski definition) is 2. The normalized spacial score (nSPS) is 11.5. The zero-order valence-corrected chi connectivity index (χ0v) is 10.9. The lowest BCUT2D eigenvalue weighted by molar-refractivity contribution is -0.121. The fraction of sp³-hybridized carbons (Fsp3) is 0.538. The molecule has 0 saturated carbocycles. The number of amides is 1. The standard InChI is InChI=1S/C13H19N3O/c1-5-13(17)15-10(2)7-6-8-16-9-11(3)14-12(16)4/h9-10H,5,8H2,1-4H3,(H,15,17). The van der Waals surface area contributed by atoms with Gasteiger partial charge in [0.05, 0.1) is 18.3 Å². The Morgan fingerprint density at radius 3 is 2.82 bits per heavy atom. The van der Waals surface area contributed by atoms with Gasteiger partial charge < -0.3 is 9.88 Å². The highest BCUT2D eigenvalue weighted by atomic mass is 16.1. The van der Waals surface area contributed by atoms with Gasteiger partial charge in [0.1, 0.15) is 5.82 Å². The molecule has 0 saturated heterocycles. The van der Waals surface area contributed by atoms with Gasteiger partial charge in [-0.2, -0.15) is 0 Å². The monoisotopic (exact) mass is 233 g/mol. The summed E-state index contributed by atoms with van der Waals surface area (Å²) in [6.07, 6.45) is 2.46. The number of carbonyl (C=O) groups is 1. The van der Waals surface area contributed by atoms with E-state index in [1.807, 2.05) is 38.5 Å². The van der Waals surface area contributed by atoms with Gasteiger partial charge in [-0.15, -0.1) is 0 Å². The highest BCUT2D eigenvalue weighted by molar-refractivity contribution is 5.76. The van der Waals surface area contributed by atoms with Crippen LogP contribution in [0.3, 0.4) is 0 Å². The van der Waals surface area contributed by atoms with Gasteiger partial charge in [0, 0.05) is 12.6 Å². The lowest BCUT2D eigenvalue weighted by Gasteiger charge is -2.05. The van der Waals surface area contributed by atoms with E-state index in [0.29, 0.717) is 13.0 Å². The molecule has 1 rings (SSSR count). The van der Waals surface area contributed by atoms with Crippen LogP contribution in [0.15, 0.2) is 6.20 Å². The van der Waals surface area contributed by atoms with Gasteiger partial charge in [0.15, 0.2) is 0 Å². The molecule has 92 valence electrons. The van der Waals surface area contributed by atoms with Crippen molar-refractivity contribution in [2.24, 2.45) is 0 Å². The number of nitrogens with one attached hydrogen (secondary N) is 1. The van der Waals surface area contributed by atoms with Crippen LogP contribution < -0.4 is 5.32 Å². The third-order valence-electron chi connectivity index (χ3n) is 2.36. The predicted octanol–water partition coefficient (Wildman–Crippen LogP) is 1.42. The van der Waals surface area contributed by atoms with Crippen LogP contribution in [0.5, 0.6) is 0 Å². The second-order valence-electron chi connectivity index (χ2n) is 4.02. The number of hydrogen-bond donors (Lipinski definition) is 1. The molecule has 1 atom stereocenters. The number of aryl methyl sites for hydroxylation is 2. The van der Waals surface area contributed by atoms with Gasteiger partial charge in [0.2, 0.25) is 5.91 Å². The first kappa shape index (κ1) is 13.3. The molecule has 1 aromatic rings. The Morgan fingerprint density at radius 2 is 2.29 bits per heavy atom. The average molecular weight is 233 g/mol. The zero-order chi connectivity index (χ0) is 12.8. The molecule has 0 fully saturated rings. The summed E-state index contributed by atoms with van der Waals surface area (Å²) in [6, 6.07) is -0.104. The van der Waals surface area contributed by atoms with Crippen molar-refractivity contribution in [2.75, 3.05) is 0 Å². The van der Waals surface area contributed by atoms with Crippen LogP contribution in [0.4, 0.5) is 0 Å². The Kier molecular flexibility index (Phi) is 4.77. The van der Waals surface area contributed by atoms with E-state index in [9.17, 15) is 4.79 Å². The van der Waals surface area contributed by atoms with E-state index in [0.717, 1.165) is 11.5 Å². The fourth-order valence-electron chi connectivity index (χ4n) is 1.49. The molecular weight excluding hydrogens is 214 g/mol. The van der Waals surface area contributed by atoms with Crippen molar-refractivity contribution in [1.82, 2.24) is 14.9 Å². The lowest BCUT2D eigenvalue weighted by atomic mass is 10.3. The first-order chi connectivity index (χ1) is 8.02. The summed E-state index contributed by atoms with van der Waals surface area (Å²) in [6.45, 7) is 8.23. The van der Waals surface area contributed by atoms with E-state index in [4.69, 9.17) is 0 Å². The molecule has 0 aliphatic carbocycles. The van der Waals surface area contributed by atoms with Gasteiger partial charge in [-0.3, -0.25) is 4.79 Å². The summed E-state index contributed by atoms with van der Waals surface area (Å²) in [5, 5.41) is 2.80. The highest BCUT2D eigenvalue weighted by Crippen LogP contribution is 1.99. The maximum absolute atomic E-state index is 11.1. The number of aromatic nitrogens is 2. The Labute approximate surface area is 102 Å². The molecule has 0 aliphatic heterocycles. The molecule has 4 heteroatoms. The largest absolute Gasteiger partial charge is 0.343 e. The molecule has 17 heavy (non-hydrogen) atoms. The van der Waals surface area contributed by atoms with Crippen molar-refractivity contribution >= 4 is 5.91 Å². The summed E-state index contributed by atoms with van der Waals surface area (Å²) >= 11 is 0. The Morgan fingerprint density at radius 1 is 1.59 bits per heavy atom. The summed E-state index contributed by atoms with van der Waals surface area (Å²) in [4.78, 5) is 15.4. The van der Waals surface area contributed by atoms with Gasteiger partial charge in [-0.1, -0.05) is 18.8 Å². The molecule has 1 aromatic heterocycles. The summed E-state index contributed by atoms with van der Waals surface area (Å²) in [5.74, 6) is 7.03. The molecule has 1 unspecified atom stereocenters. The van der Waals surface area contributed by atoms with Crippen molar-refractivity contribution in [1.29, 1.82) is 0 Å². The molecule has 0 spiro atoms. The molecule has 0 aromatic carbocycles. The average Bonchev–Trinajstić information content (AvgIpc) is 2.57. The molecular formula is C13H19N3O. The minimum absolute atomic E-state index is 0.0291. The number of rotatable bonds is 3. The van der Waals surface area contributed by atoms with Gasteiger partial charge in [-0.25, -0.2) is 4.98 Å². The third-order valence-corrected chi connectivity index (χ3v) is 2.36. The number of imidazole rings is 1. The fourth-order valence-corrected chi connectivity index (χ4v) is 1.49. The van der Waals surface area contributed by atoms with E-state index in [-0.39, 0.29) is 11.9 Å². The second-order valence-corrected chi connectivity index (χ2v) is 4.02. The summed E-state index contributed by atoms with van der Waals surface area (Å²) in [5.41, 5.74) is 0.997. The molecule has 1 amide bonds. The minimum atomic E-state index is -0.104. The number of carbonyl (C=O) groups excluding carboxylic acids is 1. The van der Waals surface area contributed by atoms with Crippen LogP contribution in [0.1, 0.15) is 31.8 Å².